The van der Waals surface area contributed by atoms with Crippen LogP contribution in [0.15, 0.2) is 22.7 Å². The molecular formula is C15H19BrClNO2. The van der Waals surface area contributed by atoms with Gasteiger partial charge in [-0.15, -0.1) is 0 Å². The third kappa shape index (κ3) is 2.56. The molecular weight excluding hydrogens is 342 g/mol. The van der Waals surface area contributed by atoms with Gasteiger partial charge in [-0.2, -0.15) is 0 Å². The Morgan fingerprint density at radius 2 is 2.10 bits per heavy atom. The molecule has 0 heterocycles. The number of carbonyl (C=O) groups is 1. The molecule has 1 saturated carbocycles. The van der Waals surface area contributed by atoms with Gasteiger partial charge in [-0.25, -0.2) is 4.79 Å². The van der Waals surface area contributed by atoms with E-state index in [1.807, 2.05) is 12.1 Å². The van der Waals surface area contributed by atoms with Crippen molar-refractivity contribution in [3.63, 3.8) is 0 Å². The summed E-state index contributed by atoms with van der Waals surface area (Å²) in [6.45, 7) is 4.21. The van der Waals surface area contributed by atoms with E-state index in [2.05, 4.69) is 35.1 Å². The molecule has 1 unspecified atom stereocenters. The molecule has 1 aromatic carbocycles. The highest BCUT2D eigenvalue weighted by Crippen LogP contribution is 2.48. The van der Waals surface area contributed by atoms with E-state index in [4.69, 9.17) is 16.3 Å². The van der Waals surface area contributed by atoms with E-state index in [0.29, 0.717) is 5.02 Å². The molecule has 1 fully saturated rings. The Hall–Kier alpha value is -0.740. The maximum absolute atomic E-state index is 12.4. The van der Waals surface area contributed by atoms with Gasteiger partial charge >= 0.3 is 5.97 Å². The van der Waals surface area contributed by atoms with Crippen molar-refractivity contribution < 1.29 is 9.53 Å². The minimum absolute atomic E-state index is 0.161. The zero-order chi connectivity index (χ0) is 15.0. The van der Waals surface area contributed by atoms with Crippen LogP contribution in [0.3, 0.4) is 0 Å². The van der Waals surface area contributed by atoms with Gasteiger partial charge in [0.15, 0.2) is 0 Å². The summed E-state index contributed by atoms with van der Waals surface area (Å²) >= 11 is 9.42. The molecule has 3 nitrogen and oxygen atoms in total. The highest BCUT2D eigenvalue weighted by molar-refractivity contribution is 9.10. The number of halogens is 2. The lowest BCUT2D eigenvalue weighted by atomic mass is 9.74. The van der Waals surface area contributed by atoms with Crippen molar-refractivity contribution in [1.82, 2.24) is 0 Å². The summed E-state index contributed by atoms with van der Waals surface area (Å²) in [6, 6.07) is 5.58. The van der Waals surface area contributed by atoms with Crippen molar-refractivity contribution in [3.8, 4) is 0 Å². The Balaban J connectivity index is 2.38. The first-order valence-corrected chi connectivity index (χ1v) is 7.81. The van der Waals surface area contributed by atoms with E-state index in [1.165, 1.54) is 7.11 Å². The number of nitrogens with one attached hydrogen (secondary N) is 1. The maximum atomic E-state index is 12.4. The van der Waals surface area contributed by atoms with Gasteiger partial charge in [0.25, 0.3) is 0 Å². The summed E-state index contributed by atoms with van der Waals surface area (Å²) in [5.41, 5.74) is 0.0166. The predicted octanol–water partition coefficient (Wildman–Crippen LogP) is 4.64. The van der Waals surface area contributed by atoms with Crippen LogP contribution in [0.2, 0.25) is 5.02 Å². The van der Waals surface area contributed by atoms with Crippen LogP contribution >= 0.6 is 27.5 Å². The largest absolute Gasteiger partial charge is 0.467 e. The molecule has 5 heteroatoms. The summed E-state index contributed by atoms with van der Waals surface area (Å²) in [6.07, 6.45) is 2.76. The predicted molar refractivity (Wildman–Crippen MR) is 85.2 cm³/mol. The van der Waals surface area contributed by atoms with Gasteiger partial charge in [0.05, 0.1) is 12.1 Å². The van der Waals surface area contributed by atoms with Crippen molar-refractivity contribution in [2.24, 2.45) is 5.41 Å². The molecule has 0 bridgehead atoms. The van der Waals surface area contributed by atoms with Gasteiger partial charge in [-0.1, -0.05) is 25.4 Å². The van der Waals surface area contributed by atoms with E-state index >= 15 is 0 Å². The molecule has 0 aliphatic heterocycles. The molecule has 20 heavy (non-hydrogen) atoms. The first kappa shape index (κ1) is 15.6. The van der Waals surface area contributed by atoms with Crippen LogP contribution in [0.4, 0.5) is 5.69 Å². The van der Waals surface area contributed by atoms with Crippen molar-refractivity contribution in [2.75, 3.05) is 12.4 Å². The molecule has 1 aromatic rings. The lowest BCUT2D eigenvalue weighted by Gasteiger charge is -2.40. The molecule has 0 amide bonds. The minimum Gasteiger partial charge on any atom is -0.467 e. The fraction of sp³-hybridized carbons (Fsp3) is 0.533. The number of methoxy groups -OCH3 is 1. The molecule has 1 atom stereocenters. The monoisotopic (exact) mass is 359 g/mol. The first-order chi connectivity index (χ1) is 9.32. The van der Waals surface area contributed by atoms with Gasteiger partial charge in [0.1, 0.15) is 5.54 Å². The molecule has 0 saturated heterocycles. The molecule has 1 aliphatic rings. The van der Waals surface area contributed by atoms with Crippen LogP contribution in [-0.4, -0.2) is 18.6 Å². The van der Waals surface area contributed by atoms with E-state index in [9.17, 15) is 4.79 Å². The molecule has 1 aliphatic carbocycles. The fourth-order valence-corrected chi connectivity index (χ4v) is 3.50. The topological polar surface area (TPSA) is 38.3 Å². The summed E-state index contributed by atoms with van der Waals surface area (Å²) in [4.78, 5) is 12.4. The van der Waals surface area contributed by atoms with E-state index in [1.54, 1.807) is 6.07 Å². The molecule has 0 radical (unpaired) electrons. The van der Waals surface area contributed by atoms with Crippen molar-refractivity contribution >= 4 is 39.2 Å². The summed E-state index contributed by atoms with van der Waals surface area (Å²) in [5, 5.41) is 4.05. The number of rotatable bonds is 3. The quantitative estimate of drug-likeness (QED) is 0.798. The van der Waals surface area contributed by atoms with Crippen molar-refractivity contribution in [3.05, 3.63) is 27.7 Å². The second-order valence-corrected chi connectivity index (χ2v) is 7.15. The third-order valence-electron chi connectivity index (χ3n) is 4.32. The number of ether oxygens (including phenoxy) is 1. The van der Waals surface area contributed by atoms with Gasteiger partial charge in [-0.05, 0) is 58.8 Å². The average molecular weight is 361 g/mol. The second kappa shape index (κ2) is 5.57. The van der Waals surface area contributed by atoms with Crippen LogP contribution in [-0.2, 0) is 9.53 Å². The summed E-state index contributed by atoms with van der Waals surface area (Å²) < 4.78 is 5.87. The average Bonchev–Trinajstić information content (AvgIpc) is 2.69. The zero-order valence-electron chi connectivity index (χ0n) is 11.9. The van der Waals surface area contributed by atoms with Crippen LogP contribution in [0.1, 0.15) is 33.1 Å². The van der Waals surface area contributed by atoms with E-state index in [-0.39, 0.29) is 11.4 Å². The molecule has 0 spiro atoms. The van der Waals surface area contributed by atoms with Crippen LogP contribution in [0.5, 0.6) is 0 Å². The maximum Gasteiger partial charge on any atom is 0.332 e. The highest BCUT2D eigenvalue weighted by atomic mass is 79.9. The van der Waals surface area contributed by atoms with Crippen molar-refractivity contribution in [1.29, 1.82) is 0 Å². The molecule has 1 N–H and O–H groups in total. The number of hydrogen-bond donors (Lipinski definition) is 1. The van der Waals surface area contributed by atoms with Crippen LogP contribution in [0.25, 0.3) is 0 Å². The number of esters is 1. The SMILES string of the molecule is COC(=O)C1(Nc2ccc(Cl)c(Br)c2)CCCC1(C)C. The molecule has 110 valence electrons. The lowest BCUT2D eigenvalue weighted by Crippen LogP contribution is -2.54. The first-order valence-electron chi connectivity index (χ1n) is 6.64. The highest BCUT2D eigenvalue weighted by Gasteiger charge is 2.55. The second-order valence-electron chi connectivity index (χ2n) is 5.89. The van der Waals surface area contributed by atoms with Gasteiger partial charge in [-0.3, -0.25) is 0 Å². The summed E-state index contributed by atoms with van der Waals surface area (Å²) in [7, 11) is 1.44. The standard InChI is InChI=1S/C15H19BrClNO2/c1-14(2)7-4-8-15(14,13(19)20-3)18-10-5-6-12(17)11(16)9-10/h5-6,9,18H,4,7-8H2,1-3H3. The minimum atomic E-state index is -0.685. The number of anilines is 1. The Morgan fingerprint density at radius 1 is 1.40 bits per heavy atom. The Morgan fingerprint density at radius 3 is 2.60 bits per heavy atom. The Bertz CT molecular complexity index is 533. The Labute approximate surface area is 133 Å². The Kier molecular flexibility index (Phi) is 4.35. The van der Waals surface area contributed by atoms with Gasteiger partial charge < -0.3 is 10.1 Å². The summed E-state index contributed by atoms with van der Waals surface area (Å²) in [5.74, 6) is -0.203. The number of carbonyl (C=O) groups excluding carboxylic acids is 1. The number of benzene rings is 1. The van der Waals surface area contributed by atoms with E-state index < -0.39 is 5.54 Å². The van der Waals surface area contributed by atoms with Crippen LogP contribution in [0, 0.1) is 5.41 Å². The van der Waals surface area contributed by atoms with Gasteiger partial charge in [0.2, 0.25) is 0 Å². The number of hydrogen-bond acceptors (Lipinski definition) is 3. The molecule has 0 aromatic heterocycles. The smallest absolute Gasteiger partial charge is 0.332 e. The lowest BCUT2D eigenvalue weighted by molar-refractivity contribution is -0.149. The van der Waals surface area contributed by atoms with E-state index in [0.717, 1.165) is 29.4 Å². The third-order valence-corrected chi connectivity index (χ3v) is 5.53. The normalized spacial score (nSPS) is 24.4. The zero-order valence-corrected chi connectivity index (χ0v) is 14.3. The van der Waals surface area contributed by atoms with Crippen molar-refractivity contribution in [2.45, 2.75) is 38.6 Å². The van der Waals surface area contributed by atoms with Gasteiger partial charge in [0, 0.05) is 10.2 Å². The van der Waals surface area contributed by atoms with Crippen LogP contribution < -0.4 is 5.32 Å². The molecule has 2 rings (SSSR count). The fourth-order valence-electron chi connectivity index (χ4n) is 3.00.